The lowest BCUT2D eigenvalue weighted by atomic mass is 10.1. The largest absolute Gasteiger partial charge is 0.381 e. The summed E-state index contributed by atoms with van der Waals surface area (Å²) in [7, 11) is 0. The van der Waals surface area contributed by atoms with E-state index >= 15 is 0 Å². The lowest BCUT2D eigenvalue weighted by Gasteiger charge is -2.08. The number of aromatic nitrogens is 1. The number of ether oxygens (including phenoxy) is 1. The molecule has 1 atom stereocenters. The molecule has 0 saturated carbocycles. The van der Waals surface area contributed by atoms with Crippen molar-refractivity contribution in [2.75, 3.05) is 19.8 Å². The SMILES string of the molecule is O=C(NCCC1CCOC1)c1ccc(Br)nc1. The number of rotatable bonds is 4. The van der Waals surface area contributed by atoms with Crippen LogP contribution in [-0.2, 0) is 4.74 Å². The summed E-state index contributed by atoms with van der Waals surface area (Å²) in [6, 6.07) is 3.52. The maximum atomic E-state index is 11.7. The van der Waals surface area contributed by atoms with Crippen LogP contribution in [0, 0.1) is 5.92 Å². The Kier molecular flexibility index (Phi) is 4.50. The first kappa shape index (κ1) is 12.5. The van der Waals surface area contributed by atoms with Crippen LogP contribution < -0.4 is 5.32 Å². The molecule has 0 aromatic carbocycles. The molecule has 2 heterocycles. The highest BCUT2D eigenvalue weighted by molar-refractivity contribution is 9.10. The molecule has 0 spiro atoms. The van der Waals surface area contributed by atoms with E-state index in [0.29, 0.717) is 18.0 Å². The second-order valence-electron chi connectivity index (χ2n) is 4.14. The maximum Gasteiger partial charge on any atom is 0.252 e. The first-order valence-corrected chi connectivity index (χ1v) is 6.52. The van der Waals surface area contributed by atoms with E-state index in [-0.39, 0.29) is 5.91 Å². The molecule has 1 aromatic rings. The fraction of sp³-hybridized carbons (Fsp3) is 0.500. The third kappa shape index (κ3) is 3.78. The van der Waals surface area contributed by atoms with Crippen molar-refractivity contribution >= 4 is 21.8 Å². The van der Waals surface area contributed by atoms with Crippen molar-refractivity contribution in [3.05, 3.63) is 28.5 Å². The van der Waals surface area contributed by atoms with Crippen molar-refractivity contribution in [2.45, 2.75) is 12.8 Å². The second-order valence-corrected chi connectivity index (χ2v) is 4.96. The number of hydrogen-bond acceptors (Lipinski definition) is 3. The average Bonchev–Trinajstić information content (AvgIpc) is 2.83. The number of carbonyl (C=O) groups excluding carboxylic acids is 1. The Hall–Kier alpha value is -0.940. The Labute approximate surface area is 109 Å². The van der Waals surface area contributed by atoms with Gasteiger partial charge in [-0.2, -0.15) is 0 Å². The molecular formula is C12H15BrN2O2. The van der Waals surface area contributed by atoms with Gasteiger partial charge in [0.2, 0.25) is 0 Å². The number of carbonyl (C=O) groups is 1. The summed E-state index contributed by atoms with van der Waals surface area (Å²) in [5.41, 5.74) is 0.593. The van der Waals surface area contributed by atoms with Crippen LogP contribution in [0.4, 0.5) is 0 Å². The van der Waals surface area contributed by atoms with Crippen molar-refractivity contribution in [1.29, 1.82) is 0 Å². The number of nitrogens with one attached hydrogen (secondary N) is 1. The van der Waals surface area contributed by atoms with Gasteiger partial charge in [-0.15, -0.1) is 0 Å². The molecule has 1 saturated heterocycles. The predicted molar refractivity (Wildman–Crippen MR) is 67.8 cm³/mol. The molecule has 1 N–H and O–H groups in total. The molecule has 5 heteroatoms. The summed E-state index contributed by atoms with van der Waals surface area (Å²) in [6.45, 7) is 2.38. The molecule has 0 bridgehead atoms. The van der Waals surface area contributed by atoms with Gasteiger partial charge < -0.3 is 10.1 Å². The molecule has 1 aliphatic heterocycles. The van der Waals surface area contributed by atoms with E-state index in [1.165, 1.54) is 0 Å². The summed E-state index contributed by atoms with van der Waals surface area (Å²) in [5.74, 6) is 0.530. The van der Waals surface area contributed by atoms with Crippen LogP contribution >= 0.6 is 15.9 Å². The summed E-state index contributed by atoms with van der Waals surface area (Å²) in [6.07, 6.45) is 3.66. The van der Waals surface area contributed by atoms with Crippen molar-refractivity contribution in [3.8, 4) is 0 Å². The second kappa shape index (κ2) is 6.12. The first-order valence-electron chi connectivity index (χ1n) is 5.73. The van der Waals surface area contributed by atoms with E-state index in [2.05, 4.69) is 26.2 Å². The van der Waals surface area contributed by atoms with E-state index in [9.17, 15) is 4.79 Å². The number of hydrogen-bond donors (Lipinski definition) is 1. The fourth-order valence-corrected chi connectivity index (χ4v) is 2.05. The molecule has 17 heavy (non-hydrogen) atoms. The van der Waals surface area contributed by atoms with Gasteiger partial charge in [0.25, 0.3) is 5.91 Å². The number of halogens is 1. The zero-order valence-electron chi connectivity index (χ0n) is 9.49. The van der Waals surface area contributed by atoms with Gasteiger partial charge in [-0.25, -0.2) is 4.98 Å². The lowest BCUT2D eigenvalue weighted by molar-refractivity contribution is 0.0950. The van der Waals surface area contributed by atoms with Crippen LogP contribution in [0.25, 0.3) is 0 Å². The Balaban J connectivity index is 1.75. The highest BCUT2D eigenvalue weighted by atomic mass is 79.9. The summed E-state index contributed by atoms with van der Waals surface area (Å²) >= 11 is 3.24. The van der Waals surface area contributed by atoms with Crippen LogP contribution in [-0.4, -0.2) is 30.6 Å². The van der Waals surface area contributed by atoms with Gasteiger partial charge in [0, 0.05) is 26.0 Å². The molecule has 1 unspecified atom stereocenters. The Bertz CT molecular complexity index is 375. The van der Waals surface area contributed by atoms with Crippen molar-refractivity contribution in [3.63, 3.8) is 0 Å². The molecule has 1 aliphatic rings. The molecule has 4 nitrogen and oxygen atoms in total. The van der Waals surface area contributed by atoms with E-state index in [1.54, 1.807) is 18.3 Å². The van der Waals surface area contributed by atoms with Crippen molar-refractivity contribution < 1.29 is 9.53 Å². The van der Waals surface area contributed by atoms with E-state index < -0.39 is 0 Å². The van der Waals surface area contributed by atoms with Crippen LogP contribution in [0.1, 0.15) is 23.2 Å². The van der Waals surface area contributed by atoms with Crippen molar-refractivity contribution in [2.24, 2.45) is 5.92 Å². The summed E-state index contributed by atoms with van der Waals surface area (Å²) in [5, 5.41) is 2.90. The molecule has 92 valence electrons. The van der Waals surface area contributed by atoms with Crippen LogP contribution in [0.5, 0.6) is 0 Å². The maximum absolute atomic E-state index is 11.7. The van der Waals surface area contributed by atoms with Gasteiger partial charge in [-0.3, -0.25) is 4.79 Å². The number of pyridine rings is 1. The minimum Gasteiger partial charge on any atom is -0.381 e. The molecule has 0 radical (unpaired) electrons. The average molecular weight is 299 g/mol. The van der Waals surface area contributed by atoms with Crippen LogP contribution in [0.15, 0.2) is 22.9 Å². The van der Waals surface area contributed by atoms with Gasteiger partial charge >= 0.3 is 0 Å². The quantitative estimate of drug-likeness (QED) is 0.865. The van der Waals surface area contributed by atoms with Gasteiger partial charge in [0.05, 0.1) is 5.56 Å². The minimum atomic E-state index is -0.0658. The van der Waals surface area contributed by atoms with Gasteiger partial charge in [0.1, 0.15) is 4.60 Å². The zero-order valence-corrected chi connectivity index (χ0v) is 11.1. The van der Waals surface area contributed by atoms with E-state index in [1.807, 2.05) is 0 Å². The summed E-state index contributed by atoms with van der Waals surface area (Å²) in [4.78, 5) is 15.8. The Morgan fingerprint density at radius 2 is 2.47 bits per heavy atom. The molecule has 1 aromatic heterocycles. The van der Waals surface area contributed by atoms with E-state index in [4.69, 9.17) is 4.74 Å². The topological polar surface area (TPSA) is 51.2 Å². The molecule has 1 amide bonds. The number of nitrogens with zero attached hydrogens (tertiary/aromatic N) is 1. The molecule has 1 fully saturated rings. The van der Waals surface area contributed by atoms with Crippen LogP contribution in [0.3, 0.4) is 0 Å². The van der Waals surface area contributed by atoms with Gasteiger partial charge in [0.15, 0.2) is 0 Å². The lowest BCUT2D eigenvalue weighted by Crippen LogP contribution is -2.26. The number of amides is 1. The third-order valence-corrected chi connectivity index (χ3v) is 3.32. The van der Waals surface area contributed by atoms with E-state index in [0.717, 1.165) is 30.7 Å². The highest BCUT2D eigenvalue weighted by Crippen LogP contribution is 2.15. The smallest absolute Gasteiger partial charge is 0.252 e. The van der Waals surface area contributed by atoms with Gasteiger partial charge in [-0.1, -0.05) is 0 Å². The fourth-order valence-electron chi connectivity index (χ4n) is 1.81. The Morgan fingerprint density at radius 1 is 1.59 bits per heavy atom. The monoisotopic (exact) mass is 298 g/mol. The summed E-state index contributed by atoms with van der Waals surface area (Å²) < 4.78 is 6.02. The molecular weight excluding hydrogens is 284 g/mol. The minimum absolute atomic E-state index is 0.0658. The normalized spacial score (nSPS) is 19.2. The zero-order chi connectivity index (χ0) is 12.1. The van der Waals surface area contributed by atoms with Gasteiger partial charge in [-0.05, 0) is 46.8 Å². The predicted octanol–water partition coefficient (Wildman–Crippen LogP) is 2.00. The first-order chi connectivity index (χ1) is 8.25. The van der Waals surface area contributed by atoms with Crippen LogP contribution in [0.2, 0.25) is 0 Å². The molecule has 2 rings (SSSR count). The third-order valence-electron chi connectivity index (χ3n) is 2.85. The molecule has 0 aliphatic carbocycles. The Morgan fingerprint density at radius 3 is 3.12 bits per heavy atom. The standard InChI is InChI=1S/C12H15BrN2O2/c13-11-2-1-10(7-15-11)12(16)14-5-3-9-4-6-17-8-9/h1-2,7,9H,3-6,8H2,(H,14,16). The highest BCUT2D eigenvalue weighted by Gasteiger charge is 2.15. The van der Waals surface area contributed by atoms with Crippen molar-refractivity contribution in [1.82, 2.24) is 10.3 Å².